The average Bonchev–Trinajstić information content (AvgIpc) is 3.10. The molecule has 4 aromatic rings. The zero-order valence-corrected chi connectivity index (χ0v) is 11.0. The monoisotopic (exact) mass is 262 g/mol. The maximum absolute atomic E-state index is 4.27. The van der Waals surface area contributed by atoms with Crippen molar-refractivity contribution >= 4 is 16.7 Å². The number of hydrogen-bond donors (Lipinski definition) is 0. The molecule has 5 rings (SSSR count). The minimum atomic E-state index is 0.902. The summed E-state index contributed by atoms with van der Waals surface area (Å²) >= 11 is 0. The number of aryl methyl sites for hydroxylation is 1. The van der Waals surface area contributed by atoms with Crippen LogP contribution in [0.1, 0.15) is 5.56 Å². The van der Waals surface area contributed by atoms with Crippen molar-refractivity contribution in [3.8, 4) is 11.4 Å². The molecule has 0 saturated heterocycles. The van der Waals surface area contributed by atoms with E-state index in [0.29, 0.717) is 0 Å². The summed E-state index contributed by atoms with van der Waals surface area (Å²) < 4.78 is 6.80. The van der Waals surface area contributed by atoms with Crippen molar-refractivity contribution < 1.29 is 4.57 Å². The van der Waals surface area contributed by atoms with Gasteiger partial charge in [-0.05, 0) is 6.07 Å². The van der Waals surface area contributed by atoms with Crippen LogP contribution in [0.15, 0.2) is 43.1 Å². The summed E-state index contributed by atoms with van der Waals surface area (Å²) in [4.78, 5) is 8.47. The van der Waals surface area contributed by atoms with Gasteiger partial charge in [0.25, 0.3) is 5.65 Å². The van der Waals surface area contributed by atoms with Crippen molar-refractivity contribution in [3.63, 3.8) is 0 Å². The van der Waals surface area contributed by atoms with Crippen LogP contribution in [0.4, 0.5) is 0 Å². The quantitative estimate of drug-likeness (QED) is 0.397. The van der Waals surface area contributed by atoms with E-state index in [9.17, 15) is 0 Å². The molecule has 1 aliphatic rings. The highest BCUT2D eigenvalue weighted by molar-refractivity contribution is 5.82. The summed E-state index contributed by atoms with van der Waals surface area (Å²) in [5.74, 6) is 1.23. The molecular formula is C15H12N5+. The van der Waals surface area contributed by atoms with Gasteiger partial charge in [-0.1, -0.05) is 0 Å². The topological polar surface area (TPSA) is 39.0 Å². The molecule has 0 bridgehead atoms. The van der Waals surface area contributed by atoms with Gasteiger partial charge in [0.05, 0.1) is 37.7 Å². The molecule has 0 atom stereocenters. The highest BCUT2D eigenvalue weighted by Crippen LogP contribution is 2.30. The molecule has 96 valence electrons. The van der Waals surface area contributed by atoms with Crippen LogP contribution in [0, 0.1) is 0 Å². The Kier molecular flexibility index (Phi) is 1.65. The highest BCUT2D eigenvalue weighted by atomic mass is 15.2. The average molecular weight is 262 g/mol. The third kappa shape index (κ3) is 1.02. The summed E-state index contributed by atoms with van der Waals surface area (Å²) in [6, 6.07) is 4.29. The molecular weight excluding hydrogens is 250 g/mol. The first-order valence-electron chi connectivity index (χ1n) is 6.61. The number of pyridine rings is 1. The van der Waals surface area contributed by atoms with E-state index in [-0.39, 0.29) is 0 Å². The second-order valence-corrected chi connectivity index (χ2v) is 5.23. The van der Waals surface area contributed by atoms with E-state index in [1.54, 1.807) is 0 Å². The lowest BCUT2D eigenvalue weighted by atomic mass is 10.2. The first kappa shape index (κ1) is 10.1. The van der Waals surface area contributed by atoms with Gasteiger partial charge in [0.15, 0.2) is 5.52 Å². The zero-order valence-electron chi connectivity index (χ0n) is 11.0. The van der Waals surface area contributed by atoms with E-state index in [0.717, 1.165) is 12.1 Å². The minimum absolute atomic E-state index is 0.902. The van der Waals surface area contributed by atoms with E-state index in [1.165, 1.54) is 28.1 Å². The number of fused-ring (bicyclic) bond motifs is 7. The van der Waals surface area contributed by atoms with Gasteiger partial charge >= 0.3 is 0 Å². The first-order valence-corrected chi connectivity index (χ1v) is 6.61. The van der Waals surface area contributed by atoms with Gasteiger partial charge in [-0.2, -0.15) is 0 Å². The van der Waals surface area contributed by atoms with Crippen LogP contribution in [-0.4, -0.2) is 18.9 Å². The molecule has 4 aromatic heterocycles. The summed E-state index contributed by atoms with van der Waals surface area (Å²) in [5, 5.41) is 0. The third-order valence-corrected chi connectivity index (χ3v) is 4.20. The van der Waals surface area contributed by atoms with Crippen molar-refractivity contribution in [2.24, 2.45) is 7.05 Å². The van der Waals surface area contributed by atoms with Gasteiger partial charge in [0, 0.05) is 24.0 Å². The van der Waals surface area contributed by atoms with Gasteiger partial charge in [-0.3, -0.25) is 14.5 Å². The zero-order chi connectivity index (χ0) is 13.3. The summed E-state index contributed by atoms with van der Waals surface area (Å²) in [6.07, 6.45) is 9.57. The second-order valence-electron chi connectivity index (χ2n) is 5.23. The van der Waals surface area contributed by atoms with E-state index >= 15 is 0 Å². The minimum Gasteiger partial charge on any atom is -0.264 e. The van der Waals surface area contributed by atoms with Gasteiger partial charge in [-0.15, -0.1) is 0 Å². The molecule has 5 heterocycles. The van der Waals surface area contributed by atoms with E-state index in [1.807, 2.05) is 31.0 Å². The SMILES string of the molecule is Cn1c2[n+](c3c1cc1cnccn13)Cc1ccncc1-2. The lowest BCUT2D eigenvalue weighted by molar-refractivity contribution is -0.648. The lowest BCUT2D eigenvalue weighted by Gasteiger charge is -1.95. The predicted molar refractivity (Wildman–Crippen MR) is 74.2 cm³/mol. The molecule has 5 heteroatoms. The van der Waals surface area contributed by atoms with E-state index < -0.39 is 0 Å². The Balaban J connectivity index is 1.99. The molecule has 0 aromatic carbocycles. The Bertz CT molecular complexity index is 992. The number of hydrogen-bond acceptors (Lipinski definition) is 2. The molecule has 0 fully saturated rings. The number of nitrogens with zero attached hydrogens (tertiary/aromatic N) is 5. The Labute approximate surface area is 114 Å². The molecule has 0 saturated carbocycles. The maximum Gasteiger partial charge on any atom is 0.273 e. The molecule has 0 aliphatic carbocycles. The molecule has 0 spiro atoms. The normalized spacial score (nSPS) is 13.1. The number of aromatic nitrogens is 5. The summed E-state index contributed by atoms with van der Waals surface area (Å²) in [6.45, 7) is 0.902. The number of imidazole rings is 1. The first-order chi connectivity index (χ1) is 9.84. The lowest BCUT2D eigenvalue weighted by Crippen LogP contribution is -2.32. The fraction of sp³-hybridized carbons (Fsp3) is 0.133. The van der Waals surface area contributed by atoms with E-state index in [2.05, 4.69) is 42.7 Å². The molecule has 1 aliphatic heterocycles. The third-order valence-electron chi connectivity index (χ3n) is 4.20. The molecule has 0 N–H and O–H groups in total. The van der Waals surface area contributed by atoms with Crippen LogP contribution < -0.4 is 4.57 Å². The van der Waals surface area contributed by atoms with Crippen LogP contribution in [0.3, 0.4) is 0 Å². The fourth-order valence-corrected chi connectivity index (χ4v) is 3.32. The van der Waals surface area contributed by atoms with Crippen LogP contribution >= 0.6 is 0 Å². The van der Waals surface area contributed by atoms with Crippen LogP contribution in [0.2, 0.25) is 0 Å². The van der Waals surface area contributed by atoms with Crippen molar-refractivity contribution in [3.05, 3.63) is 48.7 Å². The highest BCUT2D eigenvalue weighted by Gasteiger charge is 2.32. The van der Waals surface area contributed by atoms with Crippen LogP contribution in [0.5, 0.6) is 0 Å². The Morgan fingerprint density at radius 1 is 1.20 bits per heavy atom. The van der Waals surface area contributed by atoms with Gasteiger partial charge in [0.1, 0.15) is 5.52 Å². The van der Waals surface area contributed by atoms with Crippen LogP contribution in [0.25, 0.3) is 28.1 Å². The van der Waals surface area contributed by atoms with Crippen molar-refractivity contribution in [1.82, 2.24) is 18.9 Å². The Morgan fingerprint density at radius 3 is 3.05 bits per heavy atom. The fourth-order valence-electron chi connectivity index (χ4n) is 3.32. The molecule has 20 heavy (non-hydrogen) atoms. The maximum atomic E-state index is 4.27. The molecule has 0 unspecified atom stereocenters. The summed E-state index contributed by atoms with van der Waals surface area (Å²) in [7, 11) is 2.11. The van der Waals surface area contributed by atoms with Crippen molar-refractivity contribution in [1.29, 1.82) is 0 Å². The molecule has 0 radical (unpaired) electrons. The van der Waals surface area contributed by atoms with Crippen molar-refractivity contribution in [2.45, 2.75) is 6.54 Å². The van der Waals surface area contributed by atoms with Gasteiger partial charge in [0.2, 0.25) is 5.82 Å². The predicted octanol–water partition coefficient (Wildman–Crippen LogP) is 1.54. The molecule has 0 amide bonds. The number of rotatable bonds is 0. The Hall–Kier alpha value is -2.69. The smallest absolute Gasteiger partial charge is 0.264 e. The van der Waals surface area contributed by atoms with Crippen molar-refractivity contribution in [2.75, 3.05) is 0 Å². The largest absolute Gasteiger partial charge is 0.273 e. The molecule has 5 nitrogen and oxygen atoms in total. The van der Waals surface area contributed by atoms with E-state index in [4.69, 9.17) is 0 Å². The van der Waals surface area contributed by atoms with Gasteiger partial charge in [-0.25, -0.2) is 8.97 Å². The summed E-state index contributed by atoms with van der Waals surface area (Å²) in [5.41, 5.74) is 6.13. The van der Waals surface area contributed by atoms with Crippen LogP contribution in [-0.2, 0) is 13.6 Å². The standard InChI is InChI=1S/C15H12N5/c1-18-13-6-11-7-17-4-5-19(11)15(13)20-9-10-2-3-16-8-12(10)14(18)20/h2-8H,9H2,1H3/q+1. The second kappa shape index (κ2) is 3.25. The van der Waals surface area contributed by atoms with Gasteiger partial charge < -0.3 is 0 Å². The Morgan fingerprint density at radius 2 is 2.10 bits per heavy atom.